The third kappa shape index (κ3) is 2.46. The number of thiazole rings is 1. The van der Waals surface area contributed by atoms with E-state index in [0.717, 1.165) is 10.6 Å². The van der Waals surface area contributed by atoms with Crippen LogP contribution in [0, 0.1) is 5.82 Å². The van der Waals surface area contributed by atoms with Crippen molar-refractivity contribution in [3.63, 3.8) is 0 Å². The average Bonchev–Trinajstić information content (AvgIpc) is 3.08. The van der Waals surface area contributed by atoms with Crippen LogP contribution >= 0.6 is 22.9 Å². The third-order valence-electron chi connectivity index (χ3n) is 3.92. The van der Waals surface area contributed by atoms with Crippen LogP contribution in [0.15, 0.2) is 24.5 Å². The third-order valence-corrected chi connectivity index (χ3v) is 5.12. The molecule has 0 aliphatic carbocycles. The normalized spacial score (nSPS) is 14.3. The first-order chi connectivity index (χ1) is 11.0. The summed E-state index contributed by atoms with van der Waals surface area (Å²) in [5.74, 6) is -0.612. The van der Waals surface area contributed by atoms with Gasteiger partial charge in [0.05, 0.1) is 22.8 Å². The summed E-state index contributed by atoms with van der Waals surface area (Å²) in [6.07, 6.45) is 3.59. The fraction of sp³-hybridized carbons (Fsp3) is 0.200. The van der Waals surface area contributed by atoms with E-state index in [-0.39, 0.29) is 10.9 Å². The Bertz CT molecular complexity index is 896. The van der Waals surface area contributed by atoms with Gasteiger partial charge in [-0.25, -0.2) is 9.37 Å². The lowest BCUT2D eigenvalue weighted by molar-refractivity contribution is 0.0736. The summed E-state index contributed by atoms with van der Waals surface area (Å²) >= 11 is 7.20. The van der Waals surface area contributed by atoms with E-state index in [1.807, 2.05) is 0 Å². The minimum atomic E-state index is -0.517. The first-order valence-corrected chi connectivity index (χ1v) is 8.21. The van der Waals surface area contributed by atoms with Gasteiger partial charge in [-0.1, -0.05) is 11.6 Å². The van der Waals surface area contributed by atoms with Crippen molar-refractivity contribution in [3.05, 3.63) is 51.5 Å². The van der Waals surface area contributed by atoms with Crippen LogP contribution in [0.25, 0.3) is 5.52 Å². The van der Waals surface area contributed by atoms with E-state index in [9.17, 15) is 9.18 Å². The molecule has 0 radical (unpaired) electrons. The molecule has 0 atom stereocenters. The lowest BCUT2D eigenvalue weighted by Crippen LogP contribution is -2.35. The highest BCUT2D eigenvalue weighted by molar-refractivity contribution is 7.15. The Morgan fingerprint density at radius 1 is 1.39 bits per heavy atom. The first kappa shape index (κ1) is 14.5. The van der Waals surface area contributed by atoms with Crippen molar-refractivity contribution < 1.29 is 9.18 Å². The van der Waals surface area contributed by atoms with E-state index in [1.165, 1.54) is 23.6 Å². The zero-order valence-electron chi connectivity index (χ0n) is 11.9. The highest BCUT2D eigenvalue weighted by Gasteiger charge is 2.25. The number of hydrogen-bond donors (Lipinski definition) is 1. The van der Waals surface area contributed by atoms with Crippen molar-refractivity contribution in [1.82, 2.24) is 14.3 Å². The monoisotopic (exact) mass is 350 g/mol. The fourth-order valence-corrected chi connectivity index (χ4v) is 3.85. The molecule has 1 aliphatic rings. The maximum Gasteiger partial charge on any atom is 0.255 e. The van der Waals surface area contributed by atoms with Crippen molar-refractivity contribution in [3.8, 4) is 0 Å². The molecule has 0 fully saturated rings. The van der Waals surface area contributed by atoms with Gasteiger partial charge in [0.1, 0.15) is 0 Å². The molecule has 4 heterocycles. The quantitative estimate of drug-likeness (QED) is 0.734. The lowest BCUT2D eigenvalue weighted by Gasteiger charge is -2.25. The van der Waals surface area contributed by atoms with Crippen molar-refractivity contribution in [2.45, 2.75) is 13.0 Å². The molecule has 8 heteroatoms. The van der Waals surface area contributed by atoms with E-state index in [0.29, 0.717) is 35.7 Å². The molecular formula is C15H12ClFN4OS. The number of nitrogens with two attached hydrogens (primary N) is 1. The van der Waals surface area contributed by atoms with E-state index in [1.54, 1.807) is 21.6 Å². The maximum absolute atomic E-state index is 13.5. The number of amides is 1. The summed E-state index contributed by atoms with van der Waals surface area (Å²) in [5, 5.41) is 0.571. The van der Waals surface area contributed by atoms with Gasteiger partial charge in [-0.05, 0) is 12.1 Å². The Hall–Kier alpha value is -2.12. The van der Waals surface area contributed by atoms with Crippen molar-refractivity contribution >= 4 is 39.5 Å². The number of hydrogen-bond acceptors (Lipinski definition) is 4. The number of anilines is 1. The Morgan fingerprint density at radius 3 is 3.04 bits per heavy atom. The van der Waals surface area contributed by atoms with E-state index in [4.69, 9.17) is 17.3 Å². The Labute approximate surface area is 140 Å². The Kier molecular flexibility index (Phi) is 3.28. The van der Waals surface area contributed by atoms with E-state index < -0.39 is 5.82 Å². The molecule has 4 rings (SSSR count). The molecule has 3 aromatic heterocycles. The Morgan fingerprint density at radius 2 is 2.22 bits per heavy atom. The molecule has 0 unspecified atom stereocenters. The molecule has 0 saturated heterocycles. The number of halogens is 2. The maximum atomic E-state index is 13.5. The van der Waals surface area contributed by atoms with Gasteiger partial charge >= 0.3 is 0 Å². The van der Waals surface area contributed by atoms with Gasteiger partial charge in [0.25, 0.3) is 5.91 Å². The van der Waals surface area contributed by atoms with Crippen molar-refractivity contribution in [2.75, 3.05) is 12.3 Å². The highest BCUT2D eigenvalue weighted by Crippen LogP contribution is 2.28. The van der Waals surface area contributed by atoms with Gasteiger partial charge in [0, 0.05) is 35.8 Å². The zero-order chi connectivity index (χ0) is 16.1. The van der Waals surface area contributed by atoms with Gasteiger partial charge in [0.2, 0.25) is 0 Å². The molecule has 0 aromatic carbocycles. The molecule has 1 aliphatic heterocycles. The summed E-state index contributed by atoms with van der Waals surface area (Å²) in [4.78, 5) is 19.7. The van der Waals surface area contributed by atoms with Gasteiger partial charge < -0.3 is 15.0 Å². The number of fused-ring (bicyclic) bond motifs is 2. The van der Waals surface area contributed by atoms with Crippen LogP contribution in [-0.4, -0.2) is 26.7 Å². The van der Waals surface area contributed by atoms with Gasteiger partial charge in [-0.3, -0.25) is 4.79 Å². The molecular weight excluding hydrogens is 339 g/mol. The van der Waals surface area contributed by atoms with Crippen LogP contribution in [0.2, 0.25) is 5.02 Å². The van der Waals surface area contributed by atoms with Crippen LogP contribution in [0.1, 0.15) is 20.9 Å². The van der Waals surface area contributed by atoms with Crippen LogP contribution in [-0.2, 0) is 13.0 Å². The molecule has 5 nitrogen and oxygen atoms in total. The second-order valence-corrected chi connectivity index (χ2v) is 6.95. The molecule has 1 amide bonds. The predicted octanol–water partition coefficient (Wildman–Crippen LogP) is 2.97. The van der Waals surface area contributed by atoms with E-state index in [2.05, 4.69) is 4.98 Å². The van der Waals surface area contributed by atoms with Crippen molar-refractivity contribution in [1.29, 1.82) is 0 Å². The SMILES string of the molecule is Nc1nc2c(s1)CN(C(=O)c1cc3cc(Cl)c(F)cn3c1)CC2. The van der Waals surface area contributed by atoms with Gasteiger partial charge in [-0.2, -0.15) is 0 Å². The summed E-state index contributed by atoms with van der Waals surface area (Å²) < 4.78 is 15.1. The first-order valence-electron chi connectivity index (χ1n) is 7.01. The van der Waals surface area contributed by atoms with Crippen LogP contribution in [0.3, 0.4) is 0 Å². The summed E-state index contributed by atoms with van der Waals surface area (Å²) in [6, 6.07) is 3.22. The summed E-state index contributed by atoms with van der Waals surface area (Å²) in [7, 11) is 0. The summed E-state index contributed by atoms with van der Waals surface area (Å²) in [5.41, 5.74) is 7.89. The number of nitrogen functional groups attached to an aromatic ring is 1. The van der Waals surface area contributed by atoms with Gasteiger partial charge in [0.15, 0.2) is 10.9 Å². The smallest absolute Gasteiger partial charge is 0.255 e. The zero-order valence-corrected chi connectivity index (χ0v) is 13.5. The highest BCUT2D eigenvalue weighted by atomic mass is 35.5. The van der Waals surface area contributed by atoms with Crippen LogP contribution in [0.5, 0.6) is 0 Å². The molecule has 23 heavy (non-hydrogen) atoms. The largest absolute Gasteiger partial charge is 0.375 e. The number of rotatable bonds is 1. The molecule has 3 aromatic rings. The lowest BCUT2D eigenvalue weighted by atomic mass is 10.1. The minimum Gasteiger partial charge on any atom is -0.375 e. The minimum absolute atomic E-state index is 0.0392. The summed E-state index contributed by atoms with van der Waals surface area (Å²) in [6.45, 7) is 1.10. The number of carbonyl (C=O) groups is 1. The number of pyridine rings is 1. The molecule has 0 spiro atoms. The molecule has 0 saturated carbocycles. The van der Waals surface area contributed by atoms with Crippen LogP contribution < -0.4 is 5.73 Å². The standard InChI is InChI=1S/C15H12ClFN4OS/c16-10-4-9-3-8(5-21(9)6-11(10)17)14(22)20-2-1-12-13(7-20)23-15(18)19-12/h3-6H,1-2,7H2,(H2,18,19). The number of carbonyl (C=O) groups excluding carboxylic acids is 1. The molecule has 0 bridgehead atoms. The second-order valence-electron chi connectivity index (χ2n) is 5.43. The van der Waals surface area contributed by atoms with E-state index >= 15 is 0 Å². The Balaban J connectivity index is 1.64. The topological polar surface area (TPSA) is 63.6 Å². The van der Waals surface area contributed by atoms with Crippen LogP contribution in [0.4, 0.5) is 9.52 Å². The number of aromatic nitrogens is 2. The second kappa shape index (κ2) is 5.21. The molecule has 118 valence electrons. The van der Waals surface area contributed by atoms with Gasteiger partial charge in [-0.15, -0.1) is 11.3 Å². The fourth-order valence-electron chi connectivity index (χ4n) is 2.79. The predicted molar refractivity (Wildman–Crippen MR) is 87.3 cm³/mol. The average molecular weight is 351 g/mol. The number of nitrogens with zero attached hydrogens (tertiary/aromatic N) is 3. The molecule has 2 N–H and O–H groups in total. The van der Waals surface area contributed by atoms with Crippen molar-refractivity contribution in [2.24, 2.45) is 0 Å².